The molecule has 0 unspecified atom stereocenters. The monoisotopic (exact) mass is 590 g/mol. The highest BCUT2D eigenvalue weighted by Gasteiger charge is 2.01. The van der Waals surface area contributed by atoms with Gasteiger partial charge in [-0.1, -0.05) is 55.2 Å². The van der Waals surface area contributed by atoms with Crippen LogP contribution in [0.4, 0.5) is 0 Å². The van der Waals surface area contributed by atoms with Crippen LogP contribution in [0.3, 0.4) is 0 Å². The lowest BCUT2D eigenvalue weighted by Crippen LogP contribution is -2.15. The summed E-state index contributed by atoms with van der Waals surface area (Å²) in [4.78, 5) is 11.4. The lowest BCUT2D eigenvalue weighted by molar-refractivity contribution is -0.145. The molecule has 0 aromatic rings. The predicted molar refractivity (Wildman–Crippen MR) is 137 cm³/mol. The SMILES string of the molecule is CCCCCC(=O)OCCOCCOCCOCCOCCOCCOCCCCCCI. The topological polar surface area (TPSA) is 81.7 Å². The number of carbonyl (C=O) groups is 1. The zero-order valence-electron chi connectivity index (χ0n) is 20.7. The van der Waals surface area contributed by atoms with Crippen molar-refractivity contribution in [1.82, 2.24) is 0 Å². The Bertz CT molecular complexity index is 387. The zero-order chi connectivity index (χ0) is 24.1. The Balaban J connectivity index is 3.06. The fourth-order valence-corrected chi connectivity index (χ4v) is 3.20. The van der Waals surface area contributed by atoms with Gasteiger partial charge in [0.05, 0.1) is 72.7 Å². The van der Waals surface area contributed by atoms with E-state index in [1.165, 1.54) is 23.7 Å². The van der Waals surface area contributed by atoms with E-state index in [2.05, 4.69) is 29.5 Å². The van der Waals surface area contributed by atoms with E-state index in [0.29, 0.717) is 85.7 Å². The summed E-state index contributed by atoms with van der Waals surface area (Å²) in [6.45, 7) is 9.07. The molecule has 0 heterocycles. The van der Waals surface area contributed by atoms with Crippen molar-refractivity contribution in [2.45, 2.75) is 58.3 Å². The third-order valence-corrected chi connectivity index (χ3v) is 5.27. The Morgan fingerprint density at radius 1 is 0.515 bits per heavy atom. The summed E-state index contributed by atoms with van der Waals surface area (Å²) in [5.41, 5.74) is 0. The Morgan fingerprint density at radius 2 is 0.939 bits per heavy atom. The molecular formula is C24H47IO8. The molecular weight excluding hydrogens is 543 g/mol. The largest absolute Gasteiger partial charge is 0.463 e. The quantitative estimate of drug-likeness (QED) is 0.0581. The minimum Gasteiger partial charge on any atom is -0.463 e. The molecule has 0 rings (SSSR count). The molecule has 0 aliphatic rings. The van der Waals surface area contributed by atoms with Gasteiger partial charge in [-0.25, -0.2) is 0 Å². The van der Waals surface area contributed by atoms with Gasteiger partial charge in [0.15, 0.2) is 0 Å². The van der Waals surface area contributed by atoms with Crippen molar-refractivity contribution in [3.8, 4) is 0 Å². The number of hydrogen-bond donors (Lipinski definition) is 0. The fourth-order valence-electron chi connectivity index (χ4n) is 2.66. The molecule has 9 heteroatoms. The standard InChI is InChI=1S/C24H47IO8/c1-2-3-6-9-24(26)33-23-22-32-21-20-31-19-18-30-17-16-29-15-14-28-13-12-27-11-8-5-4-7-10-25/h2-23H2,1H3. The van der Waals surface area contributed by atoms with Gasteiger partial charge in [0.1, 0.15) is 6.61 Å². The molecule has 8 nitrogen and oxygen atoms in total. The van der Waals surface area contributed by atoms with Gasteiger partial charge in [0, 0.05) is 13.0 Å². The third kappa shape index (κ3) is 29.9. The van der Waals surface area contributed by atoms with Crippen molar-refractivity contribution in [1.29, 1.82) is 0 Å². The lowest BCUT2D eigenvalue weighted by Gasteiger charge is -2.08. The summed E-state index contributed by atoms with van der Waals surface area (Å²) in [6.07, 6.45) is 8.53. The summed E-state index contributed by atoms with van der Waals surface area (Å²) in [5.74, 6) is -0.148. The summed E-state index contributed by atoms with van der Waals surface area (Å²) >= 11 is 2.42. The van der Waals surface area contributed by atoms with Crippen LogP contribution in [-0.4, -0.2) is 96.3 Å². The normalized spacial score (nSPS) is 11.2. The molecule has 33 heavy (non-hydrogen) atoms. The third-order valence-electron chi connectivity index (χ3n) is 4.51. The Labute approximate surface area is 214 Å². The molecule has 0 fully saturated rings. The Kier molecular flexibility index (Phi) is 30.0. The molecule has 0 aliphatic heterocycles. The van der Waals surface area contributed by atoms with Crippen molar-refractivity contribution in [3.05, 3.63) is 0 Å². The van der Waals surface area contributed by atoms with Crippen molar-refractivity contribution >= 4 is 28.6 Å². The van der Waals surface area contributed by atoms with Gasteiger partial charge in [-0.15, -0.1) is 0 Å². The number of carbonyl (C=O) groups excluding carboxylic acids is 1. The molecule has 198 valence electrons. The molecule has 0 aromatic carbocycles. The molecule has 0 amide bonds. The number of ether oxygens (including phenoxy) is 7. The zero-order valence-corrected chi connectivity index (χ0v) is 22.9. The first-order valence-electron chi connectivity index (χ1n) is 12.5. The molecule has 0 saturated heterocycles. The first kappa shape index (κ1) is 33.0. The van der Waals surface area contributed by atoms with E-state index in [9.17, 15) is 4.79 Å². The van der Waals surface area contributed by atoms with Crippen LogP contribution in [0.1, 0.15) is 58.3 Å². The van der Waals surface area contributed by atoms with Crippen LogP contribution in [-0.2, 0) is 38.0 Å². The Morgan fingerprint density at radius 3 is 1.39 bits per heavy atom. The van der Waals surface area contributed by atoms with Crippen LogP contribution < -0.4 is 0 Å². The van der Waals surface area contributed by atoms with E-state index in [4.69, 9.17) is 33.2 Å². The van der Waals surface area contributed by atoms with Gasteiger partial charge in [0.2, 0.25) is 0 Å². The van der Waals surface area contributed by atoms with E-state index in [1.54, 1.807) is 0 Å². The number of alkyl halides is 1. The average molecular weight is 591 g/mol. The molecule has 0 aromatic heterocycles. The first-order chi connectivity index (χ1) is 16.3. The Hall–Kier alpha value is -0.0400. The molecule has 0 spiro atoms. The van der Waals surface area contributed by atoms with Gasteiger partial charge >= 0.3 is 5.97 Å². The van der Waals surface area contributed by atoms with Gasteiger partial charge in [0.25, 0.3) is 0 Å². The average Bonchev–Trinajstić information content (AvgIpc) is 2.82. The van der Waals surface area contributed by atoms with Gasteiger partial charge in [-0.05, 0) is 23.7 Å². The van der Waals surface area contributed by atoms with E-state index < -0.39 is 0 Å². The fraction of sp³-hybridized carbons (Fsp3) is 0.958. The van der Waals surface area contributed by atoms with Crippen LogP contribution in [0.25, 0.3) is 0 Å². The highest BCUT2D eigenvalue weighted by Crippen LogP contribution is 2.02. The van der Waals surface area contributed by atoms with Crippen LogP contribution in [0.15, 0.2) is 0 Å². The number of unbranched alkanes of at least 4 members (excludes halogenated alkanes) is 5. The summed E-state index contributed by atoms with van der Waals surface area (Å²) in [5, 5.41) is 0. The molecule has 0 bridgehead atoms. The lowest BCUT2D eigenvalue weighted by atomic mass is 10.2. The molecule has 0 saturated carbocycles. The van der Waals surface area contributed by atoms with Crippen LogP contribution >= 0.6 is 22.6 Å². The molecule has 0 radical (unpaired) electrons. The second-order valence-corrected chi connectivity index (χ2v) is 8.53. The van der Waals surface area contributed by atoms with E-state index in [-0.39, 0.29) is 5.97 Å². The maximum Gasteiger partial charge on any atom is 0.305 e. The second kappa shape index (κ2) is 30.0. The van der Waals surface area contributed by atoms with Crippen LogP contribution in [0, 0.1) is 0 Å². The maximum atomic E-state index is 11.4. The number of hydrogen-bond acceptors (Lipinski definition) is 8. The first-order valence-corrected chi connectivity index (χ1v) is 14.0. The van der Waals surface area contributed by atoms with Gasteiger partial charge in [-0.3, -0.25) is 4.79 Å². The van der Waals surface area contributed by atoms with Gasteiger partial charge < -0.3 is 33.2 Å². The van der Waals surface area contributed by atoms with Gasteiger partial charge in [-0.2, -0.15) is 0 Å². The summed E-state index contributed by atoms with van der Waals surface area (Å²) in [7, 11) is 0. The van der Waals surface area contributed by atoms with Crippen molar-refractivity contribution in [2.24, 2.45) is 0 Å². The highest BCUT2D eigenvalue weighted by molar-refractivity contribution is 14.1. The van der Waals surface area contributed by atoms with Crippen molar-refractivity contribution < 1.29 is 38.0 Å². The number of halogens is 1. The molecule has 0 aliphatic carbocycles. The summed E-state index contributed by atoms with van der Waals surface area (Å²) in [6, 6.07) is 0. The van der Waals surface area contributed by atoms with E-state index in [0.717, 1.165) is 32.3 Å². The molecule has 0 N–H and O–H groups in total. The highest BCUT2D eigenvalue weighted by atomic mass is 127. The van der Waals surface area contributed by atoms with E-state index >= 15 is 0 Å². The second-order valence-electron chi connectivity index (χ2n) is 7.46. The number of esters is 1. The van der Waals surface area contributed by atoms with Crippen LogP contribution in [0.5, 0.6) is 0 Å². The predicted octanol–water partition coefficient (Wildman–Crippen LogP) is 4.20. The van der Waals surface area contributed by atoms with Crippen molar-refractivity contribution in [3.63, 3.8) is 0 Å². The minimum atomic E-state index is -0.148. The number of rotatable bonds is 28. The van der Waals surface area contributed by atoms with Crippen molar-refractivity contribution in [2.75, 3.05) is 90.3 Å². The summed E-state index contributed by atoms with van der Waals surface area (Å²) < 4.78 is 39.0. The molecule has 0 atom stereocenters. The smallest absolute Gasteiger partial charge is 0.305 e. The minimum absolute atomic E-state index is 0.148. The maximum absolute atomic E-state index is 11.4. The van der Waals surface area contributed by atoms with E-state index in [1.807, 2.05) is 0 Å². The van der Waals surface area contributed by atoms with Crippen LogP contribution in [0.2, 0.25) is 0 Å².